The number of carbonyl (C=O) groups excluding carboxylic acids is 1. The minimum absolute atomic E-state index is 0.181. The number of nitrogens with one attached hydrogen (secondary N) is 2. The first-order chi connectivity index (χ1) is 11.7. The summed E-state index contributed by atoms with van der Waals surface area (Å²) < 4.78 is 5.26. The van der Waals surface area contributed by atoms with Gasteiger partial charge >= 0.3 is 0 Å². The zero-order valence-electron chi connectivity index (χ0n) is 13.2. The summed E-state index contributed by atoms with van der Waals surface area (Å²) in [4.78, 5) is 16.9. The number of aromatic amines is 1. The largest absolute Gasteiger partial charge is 0.341 e. The maximum absolute atomic E-state index is 12.5. The van der Waals surface area contributed by atoms with Crippen molar-refractivity contribution in [3.05, 3.63) is 53.9 Å². The van der Waals surface area contributed by atoms with Gasteiger partial charge in [0.25, 0.3) is 5.91 Å². The summed E-state index contributed by atoms with van der Waals surface area (Å²) in [5.41, 5.74) is 2.43. The SMILES string of the molecule is CC(NC(=O)c1cccc(-c2cn[nH]c2)c1)c1nc(C2CC2)no1. The Morgan fingerprint density at radius 3 is 3.00 bits per heavy atom. The molecule has 7 nitrogen and oxygen atoms in total. The Morgan fingerprint density at radius 1 is 1.38 bits per heavy atom. The van der Waals surface area contributed by atoms with Crippen LogP contribution in [0.4, 0.5) is 0 Å². The van der Waals surface area contributed by atoms with E-state index >= 15 is 0 Å². The molecule has 1 atom stereocenters. The molecule has 1 saturated carbocycles. The third kappa shape index (κ3) is 2.92. The fraction of sp³-hybridized carbons (Fsp3) is 0.294. The van der Waals surface area contributed by atoms with E-state index in [1.54, 1.807) is 18.5 Å². The van der Waals surface area contributed by atoms with Crippen LogP contribution in [0.1, 0.15) is 53.8 Å². The molecule has 1 unspecified atom stereocenters. The Bertz CT molecular complexity index is 852. The van der Waals surface area contributed by atoms with Gasteiger partial charge in [0, 0.05) is 23.2 Å². The van der Waals surface area contributed by atoms with Crippen LogP contribution in [0, 0.1) is 0 Å². The monoisotopic (exact) mass is 323 g/mol. The predicted octanol–water partition coefficient (Wildman–Crippen LogP) is 2.83. The van der Waals surface area contributed by atoms with E-state index in [0.717, 1.165) is 29.8 Å². The average Bonchev–Trinajstić information content (AvgIpc) is 3.12. The van der Waals surface area contributed by atoms with Crippen molar-refractivity contribution in [1.29, 1.82) is 0 Å². The minimum Gasteiger partial charge on any atom is -0.341 e. The fourth-order valence-corrected chi connectivity index (χ4v) is 2.52. The normalized spacial score (nSPS) is 15.2. The first-order valence-corrected chi connectivity index (χ1v) is 7.94. The van der Waals surface area contributed by atoms with Gasteiger partial charge in [-0.1, -0.05) is 17.3 Å². The molecule has 1 fully saturated rings. The van der Waals surface area contributed by atoms with Crippen LogP contribution in [0.25, 0.3) is 11.1 Å². The summed E-state index contributed by atoms with van der Waals surface area (Å²) in [5.74, 6) is 1.43. The summed E-state index contributed by atoms with van der Waals surface area (Å²) in [5, 5.41) is 13.6. The molecule has 4 rings (SSSR count). The van der Waals surface area contributed by atoms with Gasteiger partial charge in [0.15, 0.2) is 5.82 Å². The lowest BCUT2D eigenvalue weighted by Gasteiger charge is -2.10. The number of H-pyrrole nitrogens is 1. The maximum atomic E-state index is 12.5. The van der Waals surface area contributed by atoms with Crippen molar-refractivity contribution >= 4 is 5.91 Å². The van der Waals surface area contributed by atoms with E-state index in [-0.39, 0.29) is 11.9 Å². The zero-order chi connectivity index (χ0) is 16.5. The van der Waals surface area contributed by atoms with Crippen molar-refractivity contribution in [2.75, 3.05) is 0 Å². The smallest absolute Gasteiger partial charge is 0.251 e. The van der Waals surface area contributed by atoms with Crippen LogP contribution in [0.3, 0.4) is 0 Å². The van der Waals surface area contributed by atoms with Crippen molar-refractivity contribution in [2.45, 2.75) is 31.7 Å². The van der Waals surface area contributed by atoms with E-state index in [4.69, 9.17) is 4.52 Å². The Kier molecular flexibility index (Phi) is 3.60. The number of nitrogens with zero attached hydrogens (tertiary/aromatic N) is 3. The molecule has 1 aliphatic carbocycles. The van der Waals surface area contributed by atoms with Gasteiger partial charge in [0.05, 0.1) is 6.20 Å². The molecule has 2 aromatic heterocycles. The topological polar surface area (TPSA) is 96.7 Å². The van der Waals surface area contributed by atoms with Gasteiger partial charge in [-0.25, -0.2) is 0 Å². The second kappa shape index (κ2) is 5.92. The summed E-state index contributed by atoms with van der Waals surface area (Å²) in [6.07, 6.45) is 5.73. The standard InChI is InChI=1S/C17H17N5O2/c1-10(17-21-15(22-24-17)11-5-6-11)20-16(23)13-4-2-3-12(7-13)14-8-18-19-9-14/h2-4,7-11H,5-6H2,1H3,(H,18,19)(H,20,23). The highest BCUT2D eigenvalue weighted by Crippen LogP contribution is 2.38. The van der Waals surface area contributed by atoms with Gasteiger partial charge in [0.1, 0.15) is 6.04 Å². The molecule has 2 N–H and O–H groups in total. The third-order valence-electron chi connectivity index (χ3n) is 4.07. The Labute approximate surface area is 138 Å². The molecule has 0 spiro atoms. The number of carbonyl (C=O) groups is 1. The summed E-state index contributed by atoms with van der Waals surface area (Å²) in [7, 11) is 0. The number of rotatable bonds is 5. The van der Waals surface area contributed by atoms with E-state index < -0.39 is 0 Å². The number of hydrogen-bond acceptors (Lipinski definition) is 5. The van der Waals surface area contributed by atoms with Gasteiger partial charge in [-0.15, -0.1) is 0 Å². The molecule has 24 heavy (non-hydrogen) atoms. The minimum atomic E-state index is -0.338. The molecular formula is C17H17N5O2. The zero-order valence-corrected chi connectivity index (χ0v) is 13.2. The lowest BCUT2D eigenvalue weighted by atomic mass is 10.1. The lowest BCUT2D eigenvalue weighted by molar-refractivity contribution is 0.0932. The molecule has 0 aliphatic heterocycles. The molecular weight excluding hydrogens is 306 g/mol. The van der Waals surface area contributed by atoms with E-state index in [1.807, 2.05) is 25.1 Å². The average molecular weight is 323 g/mol. The molecule has 1 aromatic carbocycles. The van der Waals surface area contributed by atoms with Crippen LogP contribution >= 0.6 is 0 Å². The van der Waals surface area contributed by atoms with E-state index in [2.05, 4.69) is 25.7 Å². The maximum Gasteiger partial charge on any atom is 0.251 e. The summed E-state index contributed by atoms with van der Waals surface area (Å²) in [6, 6.07) is 7.05. The molecule has 1 amide bonds. The number of aromatic nitrogens is 4. The Morgan fingerprint density at radius 2 is 2.25 bits per heavy atom. The van der Waals surface area contributed by atoms with Gasteiger partial charge in [0.2, 0.25) is 5.89 Å². The van der Waals surface area contributed by atoms with Gasteiger partial charge in [-0.3, -0.25) is 9.89 Å². The molecule has 0 bridgehead atoms. The highest BCUT2D eigenvalue weighted by molar-refractivity contribution is 5.95. The van der Waals surface area contributed by atoms with E-state index in [1.165, 1.54) is 0 Å². The molecule has 0 saturated heterocycles. The van der Waals surface area contributed by atoms with Crippen LogP contribution in [0.5, 0.6) is 0 Å². The Hall–Kier alpha value is -2.96. The van der Waals surface area contributed by atoms with Crippen molar-refractivity contribution in [3.8, 4) is 11.1 Å². The number of benzene rings is 1. The molecule has 122 valence electrons. The fourth-order valence-electron chi connectivity index (χ4n) is 2.52. The van der Waals surface area contributed by atoms with Crippen LogP contribution in [-0.4, -0.2) is 26.2 Å². The molecule has 3 aromatic rings. The summed E-state index contributed by atoms with van der Waals surface area (Å²) >= 11 is 0. The molecule has 2 heterocycles. The highest BCUT2D eigenvalue weighted by atomic mass is 16.5. The van der Waals surface area contributed by atoms with Gasteiger partial charge in [-0.2, -0.15) is 10.1 Å². The van der Waals surface area contributed by atoms with Crippen molar-refractivity contribution < 1.29 is 9.32 Å². The first kappa shape index (κ1) is 14.6. The van der Waals surface area contributed by atoms with E-state index in [0.29, 0.717) is 17.4 Å². The second-order valence-corrected chi connectivity index (χ2v) is 6.03. The molecule has 7 heteroatoms. The van der Waals surface area contributed by atoms with Crippen LogP contribution in [-0.2, 0) is 0 Å². The summed E-state index contributed by atoms with van der Waals surface area (Å²) in [6.45, 7) is 1.84. The van der Waals surface area contributed by atoms with Gasteiger partial charge in [-0.05, 0) is 37.5 Å². The lowest BCUT2D eigenvalue weighted by Crippen LogP contribution is -2.26. The van der Waals surface area contributed by atoms with E-state index in [9.17, 15) is 4.79 Å². The van der Waals surface area contributed by atoms with Crippen molar-refractivity contribution in [3.63, 3.8) is 0 Å². The molecule has 1 aliphatic rings. The first-order valence-electron chi connectivity index (χ1n) is 7.94. The quantitative estimate of drug-likeness (QED) is 0.752. The Balaban J connectivity index is 1.48. The van der Waals surface area contributed by atoms with Crippen LogP contribution in [0.15, 0.2) is 41.2 Å². The van der Waals surface area contributed by atoms with Crippen molar-refractivity contribution in [1.82, 2.24) is 25.7 Å². The number of hydrogen-bond donors (Lipinski definition) is 2. The van der Waals surface area contributed by atoms with Crippen molar-refractivity contribution in [2.24, 2.45) is 0 Å². The number of amides is 1. The van der Waals surface area contributed by atoms with Gasteiger partial charge < -0.3 is 9.84 Å². The van der Waals surface area contributed by atoms with Crippen LogP contribution < -0.4 is 5.32 Å². The predicted molar refractivity (Wildman–Crippen MR) is 86.2 cm³/mol. The highest BCUT2D eigenvalue weighted by Gasteiger charge is 2.29. The second-order valence-electron chi connectivity index (χ2n) is 6.03. The van der Waals surface area contributed by atoms with Crippen LogP contribution in [0.2, 0.25) is 0 Å². The molecule has 0 radical (unpaired) electrons. The third-order valence-corrected chi connectivity index (χ3v) is 4.07.